The number of ketones is 1. The summed E-state index contributed by atoms with van der Waals surface area (Å²) in [5.41, 5.74) is 0. The molecular formula is C6H10N2O10. The second-order valence-corrected chi connectivity index (χ2v) is 2.95. The lowest BCUT2D eigenvalue weighted by Crippen LogP contribution is -2.47. The van der Waals surface area contributed by atoms with Crippen LogP contribution in [0.3, 0.4) is 0 Å². The van der Waals surface area contributed by atoms with Crippen molar-refractivity contribution >= 4 is 5.78 Å². The third kappa shape index (κ3) is 5.33. The Hall–Kier alpha value is -2.05. The zero-order valence-electron chi connectivity index (χ0n) is 8.74. The lowest BCUT2D eigenvalue weighted by Gasteiger charge is -2.22. The van der Waals surface area contributed by atoms with E-state index in [-0.39, 0.29) is 0 Å². The van der Waals surface area contributed by atoms with Crippen molar-refractivity contribution in [3.8, 4) is 0 Å². The van der Waals surface area contributed by atoms with Crippen LogP contribution in [-0.2, 0) is 14.5 Å². The maximum atomic E-state index is 11.2. The van der Waals surface area contributed by atoms with E-state index in [2.05, 4.69) is 9.68 Å². The molecular weight excluding hydrogens is 260 g/mol. The number of rotatable bonds is 9. The second-order valence-electron chi connectivity index (χ2n) is 2.95. The lowest BCUT2D eigenvalue weighted by atomic mass is 10.1. The number of hydrogen-bond acceptors (Lipinski definition) is 10. The Balaban J connectivity index is 4.70. The molecule has 3 atom stereocenters. The highest BCUT2D eigenvalue weighted by atomic mass is 17.0. The predicted octanol–water partition coefficient (Wildman–Crippen LogP) is -2.95. The highest BCUT2D eigenvalue weighted by molar-refractivity contribution is 5.84. The third-order valence-electron chi connectivity index (χ3n) is 1.72. The van der Waals surface area contributed by atoms with Crippen LogP contribution in [0.4, 0.5) is 0 Å². The topological polar surface area (TPSA) is 182 Å². The molecule has 0 aromatic heterocycles. The number of Topliss-reactive ketones (excluding diaryl/α,β-unsaturated/α-hetero) is 1. The van der Waals surface area contributed by atoms with Crippen LogP contribution in [0, 0.1) is 20.2 Å². The molecule has 0 saturated carbocycles. The van der Waals surface area contributed by atoms with E-state index in [0.717, 1.165) is 0 Å². The van der Waals surface area contributed by atoms with E-state index in [1.54, 1.807) is 0 Å². The third-order valence-corrected chi connectivity index (χ3v) is 1.72. The van der Waals surface area contributed by atoms with Gasteiger partial charge in [-0.25, -0.2) is 0 Å². The van der Waals surface area contributed by atoms with Gasteiger partial charge in [0.25, 0.3) is 10.2 Å². The molecule has 0 amide bonds. The first-order chi connectivity index (χ1) is 8.29. The smallest absolute Gasteiger partial charge is 0.295 e. The van der Waals surface area contributed by atoms with E-state index in [0.29, 0.717) is 0 Å². The average molecular weight is 270 g/mol. The molecule has 18 heavy (non-hydrogen) atoms. The Morgan fingerprint density at radius 1 is 1.22 bits per heavy atom. The van der Waals surface area contributed by atoms with Gasteiger partial charge in [-0.05, 0) is 0 Å². The minimum absolute atomic E-state index is 0.998. The van der Waals surface area contributed by atoms with Gasteiger partial charge in [0.15, 0.2) is 18.5 Å². The van der Waals surface area contributed by atoms with Gasteiger partial charge in [0.2, 0.25) is 0 Å². The summed E-state index contributed by atoms with van der Waals surface area (Å²) in [6, 6.07) is 0. The van der Waals surface area contributed by atoms with Gasteiger partial charge in [-0.2, -0.15) is 0 Å². The lowest BCUT2D eigenvalue weighted by molar-refractivity contribution is -0.768. The number of aliphatic hydroxyl groups excluding tert-OH is 3. The summed E-state index contributed by atoms with van der Waals surface area (Å²) in [6.45, 7) is -2.21. The molecule has 0 saturated heterocycles. The van der Waals surface area contributed by atoms with Crippen LogP contribution in [0.1, 0.15) is 0 Å². The molecule has 0 unspecified atom stereocenters. The van der Waals surface area contributed by atoms with E-state index in [1.807, 2.05) is 0 Å². The van der Waals surface area contributed by atoms with E-state index in [4.69, 9.17) is 10.2 Å². The summed E-state index contributed by atoms with van der Waals surface area (Å²) in [5.74, 6) is -1.34. The summed E-state index contributed by atoms with van der Waals surface area (Å²) < 4.78 is 0. The highest BCUT2D eigenvalue weighted by Gasteiger charge is 2.35. The minimum Gasteiger partial charge on any atom is -0.394 e. The number of carbonyl (C=O) groups is 1. The maximum Gasteiger partial charge on any atom is 0.295 e. The number of nitrogens with zero attached hydrogens (tertiary/aromatic N) is 2. The van der Waals surface area contributed by atoms with E-state index in [1.165, 1.54) is 0 Å². The summed E-state index contributed by atoms with van der Waals surface area (Å²) in [6.07, 6.45) is -6.24. The number of aliphatic hydroxyl groups is 3. The first-order valence-electron chi connectivity index (χ1n) is 4.37. The molecule has 0 aromatic carbocycles. The Labute approximate surface area is 98.5 Å². The van der Waals surface area contributed by atoms with Crippen molar-refractivity contribution in [1.82, 2.24) is 0 Å². The zero-order chi connectivity index (χ0) is 14.3. The predicted molar refractivity (Wildman–Crippen MR) is 48.9 cm³/mol. The van der Waals surface area contributed by atoms with Crippen molar-refractivity contribution < 1.29 is 40.0 Å². The normalized spacial score (nSPS) is 15.3. The van der Waals surface area contributed by atoms with Crippen LogP contribution < -0.4 is 0 Å². The molecule has 104 valence electrons. The largest absolute Gasteiger partial charge is 0.394 e. The first-order valence-corrected chi connectivity index (χ1v) is 4.37. The maximum absolute atomic E-state index is 11.2. The molecule has 0 radical (unpaired) electrons. The molecule has 0 rings (SSSR count). The van der Waals surface area contributed by atoms with Gasteiger partial charge in [0, 0.05) is 0 Å². The molecule has 0 aliphatic rings. The number of carbonyl (C=O) groups excluding carboxylic acids is 1. The molecule has 0 aliphatic heterocycles. The molecule has 0 aromatic rings. The van der Waals surface area contributed by atoms with Crippen LogP contribution in [0.25, 0.3) is 0 Å². The van der Waals surface area contributed by atoms with Crippen LogP contribution in [0.5, 0.6) is 0 Å². The molecule has 0 aliphatic carbocycles. The van der Waals surface area contributed by atoms with Crippen LogP contribution in [0.15, 0.2) is 0 Å². The van der Waals surface area contributed by atoms with Crippen LogP contribution in [0.2, 0.25) is 0 Å². The van der Waals surface area contributed by atoms with Crippen LogP contribution >= 0.6 is 0 Å². The van der Waals surface area contributed by atoms with Crippen molar-refractivity contribution in [1.29, 1.82) is 0 Å². The Bertz CT molecular complexity index is 319. The Morgan fingerprint density at radius 3 is 2.17 bits per heavy atom. The summed E-state index contributed by atoms with van der Waals surface area (Å²) >= 11 is 0. The Kier molecular flexibility index (Phi) is 6.48. The van der Waals surface area contributed by atoms with Crippen LogP contribution in [-0.4, -0.2) is 62.8 Å². The molecule has 0 bridgehead atoms. The first kappa shape index (κ1) is 16.0. The van der Waals surface area contributed by atoms with Gasteiger partial charge in [0.05, 0.1) is 6.61 Å². The van der Waals surface area contributed by atoms with Crippen molar-refractivity contribution in [2.45, 2.75) is 18.3 Å². The molecule has 12 nitrogen and oxygen atoms in total. The highest BCUT2D eigenvalue weighted by Crippen LogP contribution is 2.07. The van der Waals surface area contributed by atoms with Crippen molar-refractivity contribution in [2.24, 2.45) is 0 Å². The fourth-order valence-corrected chi connectivity index (χ4v) is 0.913. The monoisotopic (exact) mass is 270 g/mol. The molecule has 0 spiro atoms. The summed E-state index contributed by atoms with van der Waals surface area (Å²) in [5, 5.41) is 43.9. The van der Waals surface area contributed by atoms with Crippen molar-refractivity contribution in [3.05, 3.63) is 20.2 Å². The summed E-state index contributed by atoms with van der Waals surface area (Å²) in [4.78, 5) is 38.5. The average Bonchev–Trinajstić information content (AvgIpc) is 2.30. The van der Waals surface area contributed by atoms with E-state index >= 15 is 0 Å². The Morgan fingerprint density at radius 2 is 1.78 bits per heavy atom. The van der Waals surface area contributed by atoms with Crippen molar-refractivity contribution in [3.63, 3.8) is 0 Å². The second kappa shape index (κ2) is 7.31. The quantitative estimate of drug-likeness (QED) is 0.289. The van der Waals surface area contributed by atoms with Gasteiger partial charge >= 0.3 is 0 Å². The fraction of sp³-hybridized carbons (Fsp3) is 0.833. The van der Waals surface area contributed by atoms with Crippen molar-refractivity contribution in [2.75, 3.05) is 13.2 Å². The fourth-order valence-electron chi connectivity index (χ4n) is 0.913. The zero-order valence-corrected chi connectivity index (χ0v) is 8.74. The SMILES string of the molecule is O=C(CO[N+](=O)[O-])[C@H](O[N+](=O)[O-])[C@@H](O)[C@H](O)CO. The molecule has 0 heterocycles. The molecule has 0 fully saturated rings. The molecule has 3 N–H and O–H groups in total. The minimum atomic E-state index is -2.21. The summed E-state index contributed by atoms with van der Waals surface area (Å²) in [7, 11) is 0. The van der Waals surface area contributed by atoms with Gasteiger partial charge in [0.1, 0.15) is 12.2 Å². The molecule has 12 heteroatoms. The van der Waals surface area contributed by atoms with Gasteiger partial charge in [-0.3, -0.25) is 9.63 Å². The number of hydrogen-bond donors (Lipinski definition) is 3. The van der Waals surface area contributed by atoms with Gasteiger partial charge < -0.3 is 20.2 Å². The van der Waals surface area contributed by atoms with E-state index in [9.17, 15) is 30.1 Å². The van der Waals surface area contributed by atoms with Gasteiger partial charge in [-0.1, -0.05) is 0 Å². The standard InChI is InChI=1S/C6H10N2O10/c9-1-3(10)5(12)6(18-8(15)16)4(11)2-17-7(13)14/h3,5-6,9-10,12H,1-2H2/t3-,5+,6+/m1/s1. The van der Waals surface area contributed by atoms with E-state index < -0.39 is 47.5 Å². The van der Waals surface area contributed by atoms with Gasteiger partial charge in [-0.15, -0.1) is 20.2 Å².